The van der Waals surface area contributed by atoms with Crippen LogP contribution in [0.5, 0.6) is 0 Å². The molecule has 110 valence electrons. The lowest BCUT2D eigenvalue weighted by Gasteiger charge is -2.13. The number of carbonyl (C=O) groups excluding carboxylic acids is 1. The number of fused-ring (bicyclic) bond motifs is 2. The number of nitrogens with zero attached hydrogens (tertiary/aromatic N) is 1. The molecule has 5 nitrogen and oxygen atoms in total. The fraction of sp³-hybridized carbons (Fsp3) is 0.467. The number of rotatable bonds is 3. The van der Waals surface area contributed by atoms with E-state index in [-0.39, 0.29) is 30.2 Å². The van der Waals surface area contributed by atoms with Gasteiger partial charge in [0.25, 0.3) is 0 Å². The van der Waals surface area contributed by atoms with Gasteiger partial charge in [-0.15, -0.1) is 0 Å². The molecular formula is C15H16FN3O2. The molecule has 3 N–H and O–H groups in total. The second kappa shape index (κ2) is 4.53. The van der Waals surface area contributed by atoms with E-state index in [1.807, 2.05) is 0 Å². The lowest BCUT2D eigenvalue weighted by atomic mass is 10.0. The first-order valence-corrected chi connectivity index (χ1v) is 7.20. The highest BCUT2D eigenvalue weighted by atomic mass is 19.1. The van der Waals surface area contributed by atoms with Gasteiger partial charge in [0.15, 0.2) is 5.58 Å². The monoisotopic (exact) mass is 289 g/mol. The zero-order chi connectivity index (χ0) is 14.6. The van der Waals surface area contributed by atoms with Crippen LogP contribution in [0.1, 0.15) is 18.5 Å². The van der Waals surface area contributed by atoms with E-state index in [0.29, 0.717) is 28.5 Å². The molecule has 4 atom stereocenters. The highest BCUT2D eigenvalue weighted by Gasteiger charge is 2.55. The van der Waals surface area contributed by atoms with Crippen molar-refractivity contribution >= 4 is 16.9 Å². The van der Waals surface area contributed by atoms with Gasteiger partial charge in [-0.3, -0.25) is 4.79 Å². The van der Waals surface area contributed by atoms with Gasteiger partial charge in [-0.05, 0) is 42.9 Å². The van der Waals surface area contributed by atoms with Crippen molar-refractivity contribution in [1.29, 1.82) is 0 Å². The molecule has 0 unspecified atom stereocenters. The van der Waals surface area contributed by atoms with Crippen molar-refractivity contribution in [2.24, 2.45) is 23.5 Å². The van der Waals surface area contributed by atoms with E-state index in [0.717, 1.165) is 12.8 Å². The van der Waals surface area contributed by atoms with Crippen LogP contribution in [0.15, 0.2) is 22.7 Å². The van der Waals surface area contributed by atoms with E-state index < -0.39 is 0 Å². The summed E-state index contributed by atoms with van der Waals surface area (Å²) in [5.74, 6) is 0.665. The Morgan fingerprint density at radius 1 is 1.43 bits per heavy atom. The standard InChI is InChI=1S/C15H16FN3O2/c16-7-1-2-14-11(3-7)13(19-21-14)6-18-15(20)10-5-12(17)9-4-8(9)10/h1-3,8-10,12H,4-6,17H2,(H,18,20)/t8-,9+,10-,12+/m0/s1. The van der Waals surface area contributed by atoms with Gasteiger partial charge in [0.05, 0.1) is 6.54 Å². The van der Waals surface area contributed by atoms with Crippen LogP contribution in [-0.2, 0) is 11.3 Å². The maximum absolute atomic E-state index is 13.3. The minimum atomic E-state index is -0.346. The van der Waals surface area contributed by atoms with E-state index >= 15 is 0 Å². The average Bonchev–Trinajstić information content (AvgIpc) is 3.07. The van der Waals surface area contributed by atoms with Crippen LogP contribution < -0.4 is 11.1 Å². The number of nitrogens with two attached hydrogens (primary N) is 1. The summed E-state index contributed by atoms with van der Waals surface area (Å²) >= 11 is 0. The maximum atomic E-state index is 13.3. The smallest absolute Gasteiger partial charge is 0.223 e. The predicted octanol–water partition coefficient (Wildman–Crippen LogP) is 1.57. The number of hydrogen-bond acceptors (Lipinski definition) is 4. The Balaban J connectivity index is 1.46. The van der Waals surface area contributed by atoms with Crippen LogP contribution >= 0.6 is 0 Å². The van der Waals surface area contributed by atoms with E-state index in [2.05, 4.69) is 10.5 Å². The summed E-state index contributed by atoms with van der Waals surface area (Å²) in [6, 6.07) is 4.39. The van der Waals surface area contributed by atoms with Gasteiger partial charge in [0, 0.05) is 17.3 Å². The van der Waals surface area contributed by atoms with Crippen LogP contribution in [0, 0.1) is 23.6 Å². The van der Waals surface area contributed by atoms with Gasteiger partial charge in [0.2, 0.25) is 5.91 Å². The molecule has 2 aliphatic rings. The SMILES string of the molecule is N[C@@H]1C[C@H](C(=O)NCc2noc3ccc(F)cc23)[C@H]2C[C@H]21. The molecule has 1 heterocycles. The van der Waals surface area contributed by atoms with Crippen molar-refractivity contribution in [2.45, 2.75) is 25.4 Å². The van der Waals surface area contributed by atoms with Crippen molar-refractivity contribution in [1.82, 2.24) is 10.5 Å². The molecule has 0 spiro atoms. The minimum absolute atomic E-state index is 0.0138. The van der Waals surface area contributed by atoms with Gasteiger partial charge in [-0.1, -0.05) is 5.16 Å². The number of benzene rings is 1. The Morgan fingerprint density at radius 2 is 2.29 bits per heavy atom. The largest absolute Gasteiger partial charge is 0.356 e. The van der Waals surface area contributed by atoms with Gasteiger partial charge >= 0.3 is 0 Å². The first-order chi connectivity index (χ1) is 10.1. The van der Waals surface area contributed by atoms with Gasteiger partial charge in [-0.2, -0.15) is 0 Å². The number of hydrogen-bond donors (Lipinski definition) is 2. The summed E-state index contributed by atoms with van der Waals surface area (Å²) in [5.41, 5.74) is 7.05. The Kier molecular flexibility index (Phi) is 2.75. The van der Waals surface area contributed by atoms with Crippen LogP contribution in [-0.4, -0.2) is 17.1 Å². The van der Waals surface area contributed by atoms with Crippen LogP contribution in [0.4, 0.5) is 4.39 Å². The van der Waals surface area contributed by atoms with E-state index in [1.165, 1.54) is 18.2 Å². The lowest BCUT2D eigenvalue weighted by Crippen LogP contribution is -2.32. The maximum Gasteiger partial charge on any atom is 0.223 e. The predicted molar refractivity (Wildman–Crippen MR) is 73.5 cm³/mol. The Bertz CT molecular complexity index is 714. The molecule has 0 aliphatic heterocycles. The highest BCUT2D eigenvalue weighted by molar-refractivity contribution is 5.82. The summed E-state index contributed by atoms with van der Waals surface area (Å²) in [6.07, 6.45) is 1.83. The quantitative estimate of drug-likeness (QED) is 0.898. The Hall–Kier alpha value is -1.95. The summed E-state index contributed by atoms with van der Waals surface area (Å²) in [6.45, 7) is 0.248. The molecule has 1 aromatic carbocycles. The second-order valence-electron chi connectivity index (χ2n) is 6.06. The average molecular weight is 289 g/mol. The molecule has 2 saturated carbocycles. The highest BCUT2D eigenvalue weighted by Crippen LogP contribution is 2.54. The topological polar surface area (TPSA) is 81.2 Å². The molecule has 4 rings (SSSR count). The number of amides is 1. The summed E-state index contributed by atoms with van der Waals surface area (Å²) in [7, 11) is 0. The molecule has 0 radical (unpaired) electrons. The summed E-state index contributed by atoms with van der Waals surface area (Å²) in [5, 5.41) is 7.37. The van der Waals surface area contributed by atoms with E-state index in [1.54, 1.807) is 0 Å². The third-order valence-corrected chi connectivity index (χ3v) is 4.76. The van der Waals surface area contributed by atoms with Gasteiger partial charge in [0.1, 0.15) is 11.5 Å². The fourth-order valence-electron chi connectivity index (χ4n) is 3.53. The lowest BCUT2D eigenvalue weighted by molar-refractivity contribution is -0.125. The van der Waals surface area contributed by atoms with E-state index in [4.69, 9.17) is 10.3 Å². The first kappa shape index (κ1) is 12.8. The van der Waals surface area contributed by atoms with Crippen molar-refractivity contribution in [3.05, 3.63) is 29.7 Å². The third-order valence-electron chi connectivity index (χ3n) is 4.76. The first-order valence-electron chi connectivity index (χ1n) is 7.20. The van der Waals surface area contributed by atoms with Crippen LogP contribution in [0.2, 0.25) is 0 Å². The number of carbonyl (C=O) groups is 1. The van der Waals surface area contributed by atoms with Gasteiger partial charge in [-0.25, -0.2) is 4.39 Å². The third kappa shape index (κ3) is 2.10. The summed E-state index contributed by atoms with van der Waals surface area (Å²) in [4.78, 5) is 12.2. The molecule has 2 fully saturated rings. The molecule has 0 saturated heterocycles. The molecule has 0 bridgehead atoms. The van der Waals surface area contributed by atoms with Crippen molar-refractivity contribution in [2.75, 3.05) is 0 Å². The molecule has 1 aromatic heterocycles. The normalized spacial score (nSPS) is 30.4. The van der Waals surface area contributed by atoms with Crippen LogP contribution in [0.3, 0.4) is 0 Å². The fourth-order valence-corrected chi connectivity index (χ4v) is 3.53. The molecule has 1 amide bonds. The Morgan fingerprint density at radius 3 is 3.00 bits per heavy atom. The van der Waals surface area contributed by atoms with Crippen molar-refractivity contribution in [3.8, 4) is 0 Å². The zero-order valence-electron chi connectivity index (χ0n) is 11.4. The van der Waals surface area contributed by atoms with Crippen molar-refractivity contribution < 1.29 is 13.7 Å². The Labute approximate surface area is 120 Å². The number of halogens is 1. The molecule has 2 aliphatic carbocycles. The summed E-state index contributed by atoms with van der Waals surface area (Å²) < 4.78 is 18.4. The molecule has 21 heavy (non-hydrogen) atoms. The number of nitrogens with one attached hydrogen (secondary N) is 1. The van der Waals surface area contributed by atoms with Gasteiger partial charge < -0.3 is 15.6 Å². The second-order valence-corrected chi connectivity index (χ2v) is 6.06. The van der Waals surface area contributed by atoms with E-state index in [9.17, 15) is 9.18 Å². The van der Waals surface area contributed by atoms with Crippen LogP contribution in [0.25, 0.3) is 11.0 Å². The molecular weight excluding hydrogens is 273 g/mol. The number of aromatic nitrogens is 1. The van der Waals surface area contributed by atoms with Crippen molar-refractivity contribution in [3.63, 3.8) is 0 Å². The minimum Gasteiger partial charge on any atom is -0.356 e. The zero-order valence-corrected chi connectivity index (χ0v) is 11.4. The molecule has 2 aromatic rings. The molecule has 6 heteroatoms.